The Kier molecular flexibility index (Phi) is 2.88. The summed E-state index contributed by atoms with van der Waals surface area (Å²) in [5.74, 6) is -0.586. The SMILES string of the molecule is O=[N+]([O-])c1cc(Cl)cc(/C=N/O)c1O. The Morgan fingerprint density at radius 2 is 2.21 bits per heavy atom. The van der Waals surface area contributed by atoms with Gasteiger partial charge in [-0.05, 0) is 6.07 Å². The van der Waals surface area contributed by atoms with Crippen LogP contribution in [0.2, 0.25) is 5.02 Å². The molecule has 0 fully saturated rings. The predicted molar refractivity (Wildman–Crippen MR) is 49.2 cm³/mol. The number of aromatic hydroxyl groups is 1. The van der Waals surface area contributed by atoms with E-state index in [9.17, 15) is 15.2 Å². The maximum absolute atomic E-state index is 10.4. The summed E-state index contributed by atoms with van der Waals surface area (Å²) in [5, 5.41) is 30.6. The highest BCUT2D eigenvalue weighted by atomic mass is 35.5. The number of nitro benzene ring substituents is 1. The minimum absolute atomic E-state index is 0.0216. The van der Waals surface area contributed by atoms with Gasteiger partial charge in [0.25, 0.3) is 0 Å². The van der Waals surface area contributed by atoms with Gasteiger partial charge in [-0.25, -0.2) is 0 Å². The molecule has 0 aliphatic rings. The lowest BCUT2D eigenvalue weighted by molar-refractivity contribution is -0.385. The third-order valence-corrected chi connectivity index (χ3v) is 1.70. The molecule has 6 nitrogen and oxygen atoms in total. The van der Waals surface area contributed by atoms with Gasteiger partial charge in [-0.1, -0.05) is 16.8 Å². The molecule has 0 spiro atoms. The van der Waals surface area contributed by atoms with Crippen molar-refractivity contribution in [2.75, 3.05) is 0 Å². The molecule has 0 amide bonds. The maximum atomic E-state index is 10.4. The fourth-order valence-electron chi connectivity index (χ4n) is 0.905. The van der Waals surface area contributed by atoms with Crippen LogP contribution in [0.3, 0.4) is 0 Å². The third-order valence-electron chi connectivity index (χ3n) is 1.48. The van der Waals surface area contributed by atoms with Gasteiger partial charge in [0.2, 0.25) is 5.75 Å². The van der Waals surface area contributed by atoms with Crippen molar-refractivity contribution in [1.29, 1.82) is 0 Å². The first-order valence-electron chi connectivity index (χ1n) is 3.40. The Hall–Kier alpha value is -1.82. The van der Waals surface area contributed by atoms with Crippen LogP contribution < -0.4 is 0 Å². The second-order valence-electron chi connectivity index (χ2n) is 2.36. The number of halogens is 1. The number of rotatable bonds is 2. The van der Waals surface area contributed by atoms with E-state index in [1.807, 2.05) is 0 Å². The molecule has 1 aromatic rings. The van der Waals surface area contributed by atoms with Crippen molar-refractivity contribution in [3.8, 4) is 5.75 Å². The van der Waals surface area contributed by atoms with Crippen LogP contribution in [0.5, 0.6) is 5.75 Å². The molecule has 1 rings (SSSR count). The van der Waals surface area contributed by atoms with Crippen LogP contribution in [0.25, 0.3) is 0 Å². The molecule has 2 N–H and O–H groups in total. The van der Waals surface area contributed by atoms with Crippen LogP contribution in [-0.4, -0.2) is 21.5 Å². The Balaban J connectivity index is 3.39. The van der Waals surface area contributed by atoms with E-state index in [1.54, 1.807) is 0 Å². The zero-order chi connectivity index (χ0) is 10.7. The molecule has 0 unspecified atom stereocenters. The van der Waals surface area contributed by atoms with Crippen molar-refractivity contribution in [1.82, 2.24) is 0 Å². The Morgan fingerprint density at radius 1 is 1.57 bits per heavy atom. The standard InChI is InChI=1S/C7H5ClN2O4/c8-5-1-4(3-9-12)7(11)6(2-5)10(13)14/h1-3,11-12H/b9-3+. The third kappa shape index (κ3) is 1.91. The van der Waals surface area contributed by atoms with Crippen LogP contribution in [0.4, 0.5) is 5.69 Å². The molecule has 0 bridgehead atoms. The normalized spacial score (nSPS) is 10.6. The Labute approximate surface area is 83.2 Å². The summed E-state index contributed by atoms with van der Waals surface area (Å²) in [6.45, 7) is 0. The topological polar surface area (TPSA) is 96.0 Å². The molecule has 0 aliphatic heterocycles. The number of benzene rings is 1. The van der Waals surface area contributed by atoms with E-state index < -0.39 is 16.4 Å². The molecule has 14 heavy (non-hydrogen) atoms. The summed E-state index contributed by atoms with van der Waals surface area (Å²) in [6.07, 6.45) is 0.855. The fraction of sp³-hybridized carbons (Fsp3) is 0. The molecule has 0 aromatic heterocycles. The second-order valence-corrected chi connectivity index (χ2v) is 2.80. The predicted octanol–water partition coefficient (Wildman–Crippen LogP) is 1.76. The molecule has 0 saturated carbocycles. The number of hydrogen-bond acceptors (Lipinski definition) is 5. The van der Waals surface area contributed by atoms with Crippen molar-refractivity contribution in [2.45, 2.75) is 0 Å². The van der Waals surface area contributed by atoms with Crippen LogP contribution in [0.15, 0.2) is 17.3 Å². The summed E-state index contributed by atoms with van der Waals surface area (Å²) in [4.78, 5) is 9.63. The number of phenolic OH excluding ortho intramolecular Hbond substituents is 1. The summed E-state index contributed by atoms with van der Waals surface area (Å²) in [7, 11) is 0. The highest BCUT2D eigenvalue weighted by molar-refractivity contribution is 6.31. The molecular weight excluding hydrogens is 212 g/mol. The number of oxime groups is 1. The highest BCUT2D eigenvalue weighted by Gasteiger charge is 2.17. The summed E-state index contributed by atoms with van der Waals surface area (Å²) >= 11 is 5.54. The quantitative estimate of drug-likeness (QED) is 0.341. The molecule has 74 valence electrons. The largest absolute Gasteiger partial charge is 0.502 e. The van der Waals surface area contributed by atoms with Crippen LogP contribution in [0, 0.1) is 10.1 Å². The van der Waals surface area contributed by atoms with Gasteiger partial charge in [0.05, 0.1) is 11.1 Å². The van der Waals surface area contributed by atoms with Crippen molar-refractivity contribution in [3.63, 3.8) is 0 Å². The van der Waals surface area contributed by atoms with Gasteiger partial charge in [-0.15, -0.1) is 0 Å². The lowest BCUT2D eigenvalue weighted by Gasteiger charge is -2.00. The maximum Gasteiger partial charge on any atom is 0.312 e. The van der Waals surface area contributed by atoms with E-state index in [0.29, 0.717) is 0 Å². The van der Waals surface area contributed by atoms with Crippen LogP contribution in [-0.2, 0) is 0 Å². The molecule has 7 heteroatoms. The number of nitrogens with zero attached hydrogens (tertiary/aromatic N) is 2. The zero-order valence-electron chi connectivity index (χ0n) is 6.72. The number of hydrogen-bond donors (Lipinski definition) is 2. The van der Waals surface area contributed by atoms with Crippen molar-refractivity contribution < 1.29 is 15.2 Å². The van der Waals surface area contributed by atoms with E-state index >= 15 is 0 Å². The van der Waals surface area contributed by atoms with Gasteiger partial charge < -0.3 is 10.3 Å². The van der Waals surface area contributed by atoms with E-state index in [1.165, 1.54) is 6.07 Å². The minimum Gasteiger partial charge on any atom is -0.502 e. The van der Waals surface area contributed by atoms with Gasteiger partial charge in [-0.2, -0.15) is 0 Å². The van der Waals surface area contributed by atoms with Gasteiger partial charge in [0, 0.05) is 16.7 Å². The molecule has 0 saturated heterocycles. The first kappa shape index (κ1) is 10.3. The lowest BCUT2D eigenvalue weighted by Crippen LogP contribution is -1.92. The molecule has 1 aromatic carbocycles. The monoisotopic (exact) mass is 216 g/mol. The molecule has 0 atom stereocenters. The average molecular weight is 217 g/mol. The van der Waals surface area contributed by atoms with Gasteiger partial charge in [0.1, 0.15) is 0 Å². The summed E-state index contributed by atoms with van der Waals surface area (Å²) in [6, 6.07) is 2.25. The first-order valence-corrected chi connectivity index (χ1v) is 3.78. The van der Waals surface area contributed by atoms with E-state index in [-0.39, 0.29) is 10.6 Å². The summed E-state index contributed by atoms with van der Waals surface area (Å²) in [5.41, 5.74) is -0.556. The van der Waals surface area contributed by atoms with E-state index in [2.05, 4.69) is 5.16 Å². The lowest BCUT2D eigenvalue weighted by atomic mass is 10.2. The molecule has 0 aliphatic carbocycles. The first-order chi connectivity index (χ1) is 6.56. The van der Waals surface area contributed by atoms with Gasteiger partial charge in [-0.3, -0.25) is 10.1 Å². The van der Waals surface area contributed by atoms with Gasteiger partial charge >= 0.3 is 5.69 Å². The molecule has 0 heterocycles. The number of phenols is 1. The average Bonchev–Trinajstić information content (AvgIpc) is 2.10. The zero-order valence-corrected chi connectivity index (χ0v) is 7.47. The molecule has 0 radical (unpaired) electrons. The van der Waals surface area contributed by atoms with E-state index in [0.717, 1.165) is 12.3 Å². The van der Waals surface area contributed by atoms with Gasteiger partial charge in [0.15, 0.2) is 0 Å². The smallest absolute Gasteiger partial charge is 0.312 e. The van der Waals surface area contributed by atoms with Crippen LogP contribution in [0.1, 0.15) is 5.56 Å². The van der Waals surface area contributed by atoms with Crippen molar-refractivity contribution in [2.24, 2.45) is 5.16 Å². The molecular formula is C7H5ClN2O4. The fourth-order valence-corrected chi connectivity index (χ4v) is 1.13. The Morgan fingerprint density at radius 3 is 2.71 bits per heavy atom. The number of nitro groups is 1. The highest BCUT2D eigenvalue weighted by Crippen LogP contribution is 2.32. The second kappa shape index (κ2) is 3.93. The summed E-state index contributed by atoms with van der Waals surface area (Å²) < 4.78 is 0. The Bertz CT molecular complexity index is 405. The minimum atomic E-state index is -0.782. The van der Waals surface area contributed by atoms with Crippen LogP contribution >= 0.6 is 11.6 Å². The van der Waals surface area contributed by atoms with Crippen molar-refractivity contribution >= 4 is 23.5 Å². The van der Waals surface area contributed by atoms with E-state index in [4.69, 9.17) is 16.8 Å². The van der Waals surface area contributed by atoms with Crippen molar-refractivity contribution in [3.05, 3.63) is 32.8 Å².